The molecule has 1 N–H and O–H groups in total. The van der Waals surface area contributed by atoms with E-state index >= 15 is 0 Å². The van der Waals surface area contributed by atoms with E-state index in [0.29, 0.717) is 6.10 Å². The highest BCUT2D eigenvalue weighted by molar-refractivity contribution is 5.41. The van der Waals surface area contributed by atoms with Crippen LogP contribution in [0.1, 0.15) is 60.1 Å². The van der Waals surface area contributed by atoms with Gasteiger partial charge in [0.25, 0.3) is 0 Å². The summed E-state index contributed by atoms with van der Waals surface area (Å²) < 4.78 is 6.19. The summed E-state index contributed by atoms with van der Waals surface area (Å²) in [6, 6.07) is 10.8. The molecule has 1 aromatic heterocycles. The van der Waals surface area contributed by atoms with Gasteiger partial charge in [-0.1, -0.05) is 24.3 Å². The van der Waals surface area contributed by atoms with E-state index in [4.69, 9.17) is 14.8 Å². The standard InChI is InChI=1S/C22H27NO2/c24-13-12-16-8-10-17(11-9-16)14-18-15-22(25-19-4-1-2-5-19)23-21-7-3-6-20(18)21/h8-11,15,19,24H,1-7,12-14H2. The third kappa shape index (κ3) is 3.87. The minimum atomic E-state index is 0.207. The molecule has 3 nitrogen and oxygen atoms in total. The zero-order chi connectivity index (χ0) is 17.1. The molecule has 2 aliphatic rings. The lowest BCUT2D eigenvalue weighted by molar-refractivity contribution is 0.201. The number of aliphatic hydroxyl groups excluding tert-OH is 1. The summed E-state index contributed by atoms with van der Waals surface area (Å²) in [6.45, 7) is 0.207. The normalized spacial score (nSPS) is 17.0. The maximum absolute atomic E-state index is 9.06. The number of rotatable bonds is 6. The van der Waals surface area contributed by atoms with Crippen molar-refractivity contribution < 1.29 is 9.84 Å². The first-order chi connectivity index (χ1) is 12.3. The summed E-state index contributed by atoms with van der Waals surface area (Å²) in [5.41, 5.74) is 6.58. The number of benzene rings is 1. The number of hydrogen-bond donors (Lipinski definition) is 1. The predicted molar refractivity (Wildman–Crippen MR) is 99.2 cm³/mol. The van der Waals surface area contributed by atoms with Gasteiger partial charge in [-0.3, -0.25) is 0 Å². The van der Waals surface area contributed by atoms with Crippen LogP contribution in [0.4, 0.5) is 0 Å². The van der Waals surface area contributed by atoms with Crippen molar-refractivity contribution in [3.05, 3.63) is 58.3 Å². The topological polar surface area (TPSA) is 42.4 Å². The third-order valence-electron chi connectivity index (χ3n) is 5.53. The van der Waals surface area contributed by atoms with Crippen LogP contribution in [0.2, 0.25) is 0 Å². The zero-order valence-electron chi connectivity index (χ0n) is 14.8. The lowest BCUT2D eigenvalue weighted by Gasteiger charge is -2.16. The van der Waals surface area contributed by atoms with Gasteiger partial charge in [-0.15, -0.1) is 0 Å². The Morgan fingerprint density at radius 2 is 1.76 bits per heavy atom. The van der Waals surface area contributed by atoms with Crippen LogP contribution in [0.5, 0.6) is 5.88 Å². The molecule has 2 aliphatic carbocycles. The van der Waals surface area contributed by atoms with Crippen LogP contribution in [0, 0.1) is 0 Å². The molecule has 1 saturated carbocycles. The summed E-state index contributed by atoms with van der Waals surface area (Å²) in [4.78, 5) is 4.81. The number of hydrogen-bond acceptors (Lipinski definition) is 3. The van der Waals surface area contributed by atoms with Gasteiger partial charge in [0.05, 0.1) is 0 Å². The molecule has 1 aromatic carbocycles. The average Bonchev–Trinajstić information content (AvgIpc) is 3.28. The van der Waals surface area contributed by atoms with Crippen molar-refractivity contribution in [2.75, 3.05) is 6.61 Å². The van der Waals surface area contributed by atoms with E-state index in [-0.39, 0.29) is 6.61 Å². The summed E-state index contributed by atoms with van der Waals surface area (Å²) in [7, 11) is 0. The average molecular weight is 337 g/mol. The van der Waals surface area contributed by atoms with Crippen molar-refractivity contribution in [1.29, 1.82) is 0 Å². The summed E-state index contributed by atoms with van der Waals surface area (Å²) in [5.74, 6) is 0.833. The van der Waals surface area contributed by atoms with Crippen LogP contribution < -0.4 is 4.74 Å². The van der Waals surface area contributed by atoms with E-state index in [0.717, 1.165) is 31.6 Å². The lowest BCUT2D eigenvalue weighted by Crippen LogP contribution is -2.13. The second-order valence-electron chi connectivity index (χ2n) is 7.39. The molecule has 0 bridgehead atoms. The second-order valence-corrected chi connectivity index (χ2v) is 7.39. The third-order valence-corrected chi connectivity index (χ3v) is 5.53. The van der Waals surface area contributed by atoms with Crippen molar-refractivity contribution >= 4 is 0 Å². The molecule has 4 rings (SSSR count). The van der Waals surface area contributed by atoms with Crippen molar-refractivity contribution in [3.8, 4) is 5.88 Å². The van der Waals surface area contributed by atoms with E-state index in [1.165, 1.54) is 60.1 Å². The van der Waals surface area contributed by atoms with Gasteiger partial charge in [0, 0.05) is 18.4 Å². The minimum Gasteiger partial charge on any atom is -0.474 e. The quantitative estimate of drug-likeness (QED) is 0.866. The minimum absolute atomic E-state index is 0.207. The first kappa shape index (κ1) is 16.6. The lowest BCUT2D eigenvalue weighted by atomic mass is 9.98. The largest absolute Gasteiger partial charge is 0.474 e. The van der Waals surface area contributed by atoms with Crippen LogP contribution in [-0.2, 0) is 25.7 Å². The summed E-state index contributed by atoms with van der Waals surface area (Å²) >= 11 is 0. The second kappa shape index (κ2) is 7.57. The van der Waals surface area contributed by atoms with Crippen molar-refractivity contribution in [2.45, 2.75) is 63.9 Å². The molecule has 1 fully saturated rings. The van der Waals surface area contributed by atoms with Gasteiger partial charge in [0.2, 0.25) is 5.88 Å². The molecule has 2 aromatic rings. The summed E-state index contributed by atoms with van der Waals surface area (Å²) in [6.07, 6.45) is 10.3. The van der Waals surface area contributed by atoms with Crippen LogP contribution in [0.15, 0.2) is 30.3 Å². The molecule has 132 valence electrons. The Bertz CT molecular complexity index is 718. The van der Waals surface area contributed by atoms with Crippen molar-refractivity contribution in [3.63, 3.8) is 0 Å². The molecule has 3 heteroatoms. The van der Waals surface area contributed by atoms with Crippen LogP contribution in [0.25, 0.3) is 0 Å². The molecule has 0 saturated heterocycles. The molecule has 0 aliphatic heterocycles. The number of fused-ring (bicyclic) bond motifs is 1. The first-order valence-corrected chi connectivity index (χ1v) is 9.69. The number of aliphatic hydroxyl groups is 1. The van der Waals surface area contributed by atoms with Gasteiger partial charge in [0.1, 0.15) is 6.10 Å². The van der Waals surface area contributed by atoms with Gasteiger partial charge in [-0.2, -0.15) is 0 Å². The number of aromatic nitrogens is 1. The van der Waals surface area contributed by atoms with Crippen LogP contribution in [-0.4, -0.2) is 22.8 Å². The highest BCUT2D eigenvalue weighted by Crippen LogP contribution is 2.31. The highest BCUT2D eigenvalue weighted by Gasteiger charge is 2.21. The number of ether oxygens (including phenoxy) is 1. The fourth-order valence-corrected chi connectivity index (χ4v) is 4.17. The van der Waals surface area contributed by atoms with E-state index in [9.17, 15) is 0 Å². The fourth-order valence-electron chi connectivity index (χ4n) is 4.17. The molecule has 0 atom stereocenters. The van der Waals surface area contributed by atoms with Crippen LogP contribution >= 0.6 is 0 Å². The first-order valence-electron chi connectivity index (χ1n) is 9.69. The molecule has 0 unspecified atom stereocenters. The number of pyridine rings is 1. The Kier molecular flexibility index (Phi) is 5.02. The van der Waals surface area contributed by atoms with Gasteiger partial charge in [-0.05, 0) is 80.0 Å². The maximum Gasteiger partial charge on any atom is 0.214 e. The van der Waals surface area contributed by atoms with Crippen LogP contribution in [0.3, 0.4) is 0 Å². The Hall–Kier alpha value is -1.87. The molecular weight excluding hydrogens is 310 g/mol. The Balaban J connectivity index is 1.56. The molecule has 1 heterocycles. The van der Waals surface area contributed by atoms with Crippen molar-refractivity contribution in [1.82, 2.24) is 4.98 Å². The monoisotopic (exact) mass is 337 g/mol. The van der Waals surface area contributed by atoms with E-state index in [1.807, 2.05) is 0 Å². The predicted octanol–water partition coefficient (Wildman–Crippen LogP) is 4.02. The Morgan fingerprint density at radius 3 is 2.52 bits per heavy atom. The van der Waals surface area contributed by atoms with Gasteiger partial charge in [-0.25, -0.2) is 4.98 Å². The van der Waals surface area contributed by atoms with Crippen molar-refractivity contribution in [2.24, 2.45) is 0 Å². The number of nitrogens with zero attached hydrogens (tertiary/aromatic N) is 1. The molecule has 0 spiro atoms. The molecular formula is C22H27NO2. The van der Waals surface area contributed by atoms with Gasteiger partial charge >= 0.3 is 0 Å². The fraction of sp³-hybridized carbons (Fsp3) is 0.500. The maximum atomic E-state index is 9.06. The number of aryl methyl sites for hydroxylation is 1. The molecule has 0 amide bonds. The van der Waals surface area contributed by atoms with Gasteiger partial charge < -0.3 is 9.84 Å². The van der Waals surface area contributed by atoms with E-state index in [2.05, 4.69) is 30.3 Å². The smallest absolute Gasteiger partial charge is 0.214 e. The highest BCUT2D eigenvalue weighted by atomic mass is 16.5. The molecule has 25 heavy (non-hydrogen) atoms. The molecule has 0 radical (unpaired) electrons. The van der Waals surface area contributed by atoms with Gasteiger partial charge in [0.15, 0.2) is 0 Å². The summed E-state index contributed by atoms with van der Waals surface area (Å²) in [5, 5.41) is 9.06. The Morgan fingerprint density at radius 1 is 1.00 bits per heavy atom. The van der Waals surface area contributed by atoms with E-state index in [1.54, 1.807) is 0 Å². The Labute approximate surface area is 150 Å². The SMILES string of the molecule is OCCc1ccc(Cc2cc(OC3CCCC3)nc3c2CCC3)cc1. The van der Waals surface area contributed by atoms with E-state index < -0.39 is 0 Å². The zero-order valence-corrected chi connectivity index (χ0v) is 14.8.